The molecule has 0 amide bonds. The summed E-state index contributed by atoms with van der Waals surface area (Å²) in [5.41, 5.74) is 3.77. The van der Waals surface area contributed by atoms with E-state index in [4.69, 9.17) is 24.9 Å². The van der Waals surface area contributed by atoms with Crippen molar-refractivity contribution in [3.63, 3.8) is 0 Å². The lowest BCUT2D eigenvalue weighted by Gasteiger charge is -2.27. The summed E-state index contributed by atoms with van der Waals surface area (Å²) >= 11 is 0. The molecule has 1 aliphatic rings. The van der Waals surface area contributed by atoms with E-state index in [9.17, 15) is 37.7 Å². The standard InChI is InChI=1S/C9H13FN5O14P3/c10-5-6(17)9(13-14-11,27-7(5)15-2-1-4(16)12-8(15)18)3-26-31(22,23)29-32(24,25)28-30(19,20)21/h1-2,5-7,17H,3H2,(H,22,23)(H,24,25)(H,12,16,18)(H2,19,20,21)/t5-,6+,7?,9-/m1/s1. The Kier molecular flexibility index (Phi) is 7.66. The fourth-order valence-corrected chi connectivity index (χ4v) is 5.41. The third-order valence-electron chi connectivity index (χ3n) is 3.55. The van der Waals surface area contributed by atoms with Crippen molar-refractivity contribution < 1.29 is 60.6 Å². The van der Waals surface area contributed by atoms with Crippen LogP contribution in [-0.2, 0) is 31.6 Å². The maximum absolute atomic E-state index is 14.6. The van der Waals surface area contributed by atoms with Crippen LogP contribution in [0.3, 0.4) is 0 Å². The molecule has 32 heavy (non-hydrogen) atoms. The van der Waals surface area contributed by atoms with Crippen LogP contribution in [0.1, 0.15) is 6.23 Å². The number of rotatable bonds is 9. The number of aliphatic hydroxyl groups excluding tert-OH is 1. The molecule has 2 heterocycles. The van der Waals surface area contributed by atoms with Crippen molar-refractivity contribution in [1.29, 1.82) is 0 Å². The van der Waals surface area contributed by atoms with Gasteiger partial charge >= 0.3 is 29.2 Å². The first-order chi connectivity index (χ1) is 14.5. The first kappa shape index (κ1) is 26.5. The molecule has 3 unspecified atom stereocenters. The van der Waals surface area contributed by atoms with Gasteiger partial charge in [-0.25, -0.2) is 22.9 Å². The van der Waals surface area contributed by atoms with E-state index in [2.05, 4.69) is 23.2 Å². The molecule has 0 bridgehead atoms. The number of nitrogens with one attached hydrogen (secondary N) is 1. The van der Waals surface area contributed by atoms with Gasteiger partial charge in [-0.2, -0.15) is 8.62 Å². The fourth-order valence-electron chi connectivity index (χ4n) is 2.37. The average molecular weight is 527 g/mol. The highest BCUT2D eigenvalue weighted by Crippen LogP contribution is 2.66. The summed E-state index contributed by atoms with van der Waals surface area (Å²) in [6, 6.07) is 0.781. The molecule has 0 spiro atoms. The SMILES string of the molecule is [N-]=[N+]=N[C@]1(COP(=O)(O)OP(=O)(O)OP(=O)(O)O)OC(n2ccc(=O)[nH]c2=O)[C@H](F)[C@@H]1O. The molecule has 1 aromatic rings. The molecule has 6 atom stereocenters. The number of aromatic amines is 1. The maximum Gasteiger partial charge on any atom is 0.490 e. The van der Waals surface area contributed by atoms with E-state index < -0.39 is 65.6 Å². The molecule has 1 saturated heterocycles. The zero-order chi connectivity index (χ0) is 24.5. The summed E-state index contributed by atoms with van der Waals surface area (Å²) in [7, 11) is -17.3. The second-order valence-corrected chi connectivity index (χ2v) is 10.2. The highest BCUT2D eigenvalue weighted by atomic mass is 31.3. The summed E-state index contributed by atoms with van der Waals surface area (Å²) in [4.78, 5) is 62.5. The monoisotopic (exact) mass is 527 g/mol. The zero-order valence-corrected chi connectivity index (χ0v) is 17.7. The van der Waals surface area contributed by atoms with Gasteiger partial charge in [0.15, 0.2) is 12.4 Å². The third-order valence-corrected chi connectivity index (χ3v) is 7.33. The number of phosphoric acid groups is 3. The number of ether oxygens (including phenoxy) is 1. The lowest BCUT2D eigenvalue weighted by atomic mass is 10.1. The maximum atomic E-state index is 14.6. The molecule has 0 radical (unpaired) electrons. The number of halogens is 1. The van der Waals surface area contributed by atoms with E-state index in [0.29, 0.717) is 4.57 Å². The predicted octanol–water partition coefficient (Wildman–Crippen LogP) is -0.886. The van der Waals surface area contributed by atoms with Gasteiger partial charge in [0.1, 0.15) is 6.10 Å². The Bertz CT molecular complexity index is 1170. The number of alkyl halides is 1. The van der Waals surface area contributed by atoms with Crippen LogP contribution in [-0.4, -0.2) is 58.8 Å². The van der Waals surface area contributed by atoms with Gasteiger partial charge < -0.3 is 29.4 Å². The second kappa shape index (κ2) is 9.24. The second-order valence-electron chi connectivity index (χ2n) is 5.81. The normalized spacial score (nSPS) is 29.6. The lowest BCUT2D eigenvalue weighted by molar-refractivity contribution is -0.122. The van der Waals surface area contributed by atoms with Gasteiger partial charge in [0.25, 0.3) is 5.56 Å². The largest absolute Gasteiger partial charge is 0.490 e. The fraction of sp³-hybridized carbons (Fsp3) is 0.556. The smallest absolute Gasteiger partial charge is 0.387 e. The van der Waals surface area contributed by atoms with Crippen molar-refractivity contribution in [2.75, 3.05) is 6.61 Å². The summed E-state index contributed by atoms with van der Waals surface area (Å²) in [5.74, 6) is 0. The van der Waals surface area contributed by atoms with Crippen molar-refractivity contribution in [3.05, 3.63) is 43.5 Å². The van der Waals surface area contributed by atoms with Gasteiger partial charge in [0, 0.05) is 17.2 Å². The first-order valence-electron chi connectivity index (χ1n) is 7.67. The number of aliphatic hydroxyl groups is 1. The highest BCUT2D eigenvalue weighted by Gasteiger charge is 2.57. The van der Waals surface area contributed by atoms with Crippen LogP contribution in [0.5, 0.6) is 0 Å². The molecule has 0 aliphatic carbocycles. The highest BCUT2D eigenvalue weighted by molar-refractivity contribution is 7.66. The summed E-state index contributed by atoms with van der Waals surface area (Å²) in [6.45, 7) is -1.54. The Morgan fingerprint density at radius 3 is 2.41 bits per heavy atom. The van der Waals surface area contributed by atoms with Crippen LogP contribution in [0, 0.1) is 0 Å². The number of phosphoric ester groups is 1. The van der Waals surface area contributed by atoms with Crippen molar-refractivity contribution in [1.82, 2.24) is 9.55 Å². The Labute approximate surface area is 174 Å². The van der Waals surface area contributed by atoms with E-state index >= 15 is 0 Å². The summed E-state index contributed by atoms with van der Waals surface area (Å²) in [6.07, 6.45) is -6.30. The molecule has 6 N–H and O–H groups in total. The van der Waals surface area contributed by atoms with Crippen LogP contribution < -0.4 is 11.2 Å². The van der Waals surface area contributed by atoms with Crippen LogP contribution in [0.2, 0.25) is 0 Å². The van der Waals surface area contributed by atoms with Crippen molar-refractivity contribution >= 4 is 23.5 Å². The minimum atomic E-state index is -5.89. The van der Waals surface area contributed by atoms with Crippen LogP contribution in [0.15, 0.2) is 27.0 Å². The minimum absolute atomic E-state index is 0.439. The van der Waals surface area contributed by atoms with Gasteiger partial charge in [0.2, 0.25) is 5.72 Å². The molecule has 0 saturated carbocycles. The molecule has 0 aromatic carbocycles. The van der Waals surface area contributed by atoms with Gasteiger partial charge in [-0.05, 0) is 5.53 Å². The van der Waals surface area contributed by atoms with Gasteiger partial charge in [-0.15, -0.1) is 0 Å². The van der Waals surface area contributed by atoms with Crippen LogP contribution in [0.25, 0.3) is 10.4 Å². The summed E-state index contributed by atoms with van der Waals surface area (Å²) < 4.78 is 65.0. The van der Waals surface area contributed by atoms with Crippen molar-refractivity contribution in [3.8, 4) is 0 Å². The van der Waals surface area contributed by atoms with E-state index in [1.807, 2.05) is 0 Å². The van der Waals surface area contributed by atoms with E-state index in [0.717, 1.165) is 12.3 Å². The lowest BCUT2D eigenvalue weighted by Crippen LogP contribution is -2.44. The minimum Gasteiger partial charge on any atom is -0.387 e. The number of azide groups is 1. The Morgan fingerprint density at radius 2 is 1.88 bits per heavy atom. The third kappa shape index (κ3) is 6.40. The van der Waals surface area contributed by atoms with Gasteiger partial charge in [0.05, 0.1) is 6.61 Å². The van der Waals surface area contributed by atoms with Gasteiger partial charge in [-0.3, -0.25) is 18.9 Å². The molecular formula is C9H13FN5O14P3. The van der Waals surface area contributed by atoms with Crippen LogP contribution in [0.4, 0.5) is 4.39 Å². The quantitative estimate of drug-likeness (QED) is 0.0983. The van der Waals surface area contributed by atoms with Crippen molar-refractivity contribution in [2.24, 2.45) is 5.11 Å². The topological polar surface area (TPSA) is 293 Å². The Balaban J connectivity index is 2.28. The van der Waals surface area contributed by atoms with E-state index in [-0.39, 0.29) is 0 Å². The van der Waals surface area contributed by atoms with Gasteiger partial charge in [-0.1, -0.05) is 5.11 Å². The van der Waals surface area contributed by atoms with E-state index in [1.54, 1.807) is 4.98 Å². The number of aromatic nitrogens is 2. The van der Waals surface area contributed by atoms with Crippen molar-refractivity contribution in [2.45, 2.75) is 24.2 Å². The molecule has 19 nitrogen and oxygen atoms in total. The Hall–Kier alpha value is -1.75. The summed E-state index contributed by atoms with van der Waals surface area (Å²) in [5, 5.41) is 13.1. The average Bonchev–Trinajstić information content (AvgIpc) is 2.83. The Morgan fingerprint density at radius 1 is 1.25 bits per heavy atom. The molecule has 23 heteroatoms. The molecule has 2 rings (SSSR count). The number of H-pyrrole nitrogens is 1. The molecule has 180 valence electrons. The number of hydrogen-bond donors (Lipinski definition) is 6. The molecule has 1 aliphatic heterocycles. The first-order valence-corrected chi connectivity index (χ1v) is 12.2. The molecule has 1 aromatic heterocycles. The predicted molar refractivity (Wildman–Crippen MR) is 94.0 cm³/mol. The zero-order valence-electron chi connectivity index (χ0n) is 15.0. The molecule has 1 fully saturated rings. The van der Waals surface area contributed by atoms with Crippen LogP contribution >= 0.6 is 23.5 Å². The number of hydrogen-bond acceptors (Lipinski definition) is 11. The van der Waals surface area contributed by atoms with E-state index in [1.165, 1.54) is 0 Å². The number of nitrogens with zero attached hydrogens (tertiary/aromatic N) is 4. The molecular weight excluding hydrogens is 514 g/mol.